The fourth-order valence-corrected chi connectivity index (χ4v) is 1.61. The molecule has 0 N–H and O–H groups in total. The van der Waals surface area contributed by atoms with Crippen molar-refractivity contribution in [3.63, 3.8) is 0 Å². The first kappa shape index (κ1) is 9.61. The third-order valence-corrected chi connectivity index (χ3v) is 2.36. The van der Waals surface area contributed by atoms with Gasteiger partial charge in [0.15, 0.2) is 6.23 Å². The highest BCUT2D eigenvalue weighted by molar-refractivity contribution is 8.13. The first-order chi connectivity index (χ1) is 5.81. The van der Waals surface area contributed by atoms with E-state index in [1.807, 2.05) is 12.3 Å². The van der Waals surface area contributed by atoms with Crippen LogP contribution in [0.15, 0.2) is 16.8 Å². The van der Waals surface area contributed by atoms with Crippen molar-refractivity contribution < 1.29 is 9.47 Å². The second-order valence-electron chi connectivity index (χ2n) is 2.34. The van der Waals surface area contributed by atoms with Gasteiger partial charge in [-0.3, -0.25) is 0 Å². The van der Waals surface area contributed by atoms with Crippen molar-refractivity contribution >= 4 is 16.8 Å². The van der Waals surface area contributed by atoms with Gasteiger partial charge in [-0.25, -0.2) is 4.99 Å². The van der Waals surface area contributed by atoms with Crippen molar-refractivity contribution in [2.24, 2.45) is 4.99 Å². The lowest BCUT2D eigenvalue weighted by Gasteiger charge is -2.17. The molecule has 4 heteroatoms. The van der Waals surface area contributed by atoms with Crippen LogP contribution in [-0.4, -0.2) is 31.7 Å². The fourth-order valence-electron chi connectivity index (χ4n) is 1.02. The Morgan fingerprint density at radius 3 is 2.83 bits per heavy atom. The van der Waals surface area contributed by atoms with Crippen LogP contribution in [0.25, 0.3) is 0 Å². The number of aliphatic imine (C=N–C) groups is 1. The van der Waals surface area contributed by atoms with E-state index in [2.05, 4.69) is 4.99 Å². The molecule has 68 valence electrons. The molecule has 0 amide bonds. The first-order valence-corrected chi connectivity index (χ1v) is 4.93. The molecule has 1 rings (SSSR count). The average molecular weight is 187 g/mol. The van der Waals surface area contributed by atoms with E-state index in [9.17, 15) is 0 Å². The van der Waals surface area contributed by atoms with Gasteiger partial charge in [-0.15, -0.1) is 11.8 Å². The van der Waals surface area contributed by atoms with Gasteiger partial charge in [0.25, 0.3) is 0 Å². The number of nitrogens with zero attached hydrogens (tertiary/aromatic N) is 1. The molecule has 0 aliphatic carbocycles. The molecule has 12 heavy (non-hydrogen) atoms. The molecule has 3 nitrogen and oxygen atoms in total. The van der Waals surface area contributed by atoms with Crippen LogP contribution in [0.1, 0.15) is 6.42 Å². The smallest absolute Gasteiger partial charge is 0.152 e. The van der Waals surface area contributed by atoms with Crippen LogP contribution in [0.3, 0.4) is 0 Å². The van der Waals surface area contributed by atoms with Gasteiger partial charge in [0.2, 0.25) is 0 Å². The topological polar surface area (TPSA) is 30.8 Å². The van der Waals surface area contributed by atoms with Gasteiger partial charge < -0.3 is 9.47 Å². The molecule has 0 saturated carbocycles. The highest BCUT2D eigenvalue weighted by Gasteiger charge is 2.15. The molecule has 1 heterocycles. The molecule has 1 atom stereocenters. The van der Waals surface area contributed by atoms with E-state index in [1.165, 1.54) is 0 Å². The van der Waals surface area contributed by atoms with Crippen molar-refractivity contribution in [1.29, 1.82) is 0 Å². The van der Waals surface area contributed by atoms with Gasteiger partial charge in [0, 0.05) is 13.5 Å². The predicted molar refractivity (Wildman–Crippen MR) is 51.5 cm³/mol. The zero-order valence-corrected chi connectivity index (χ0v) is 8.35. The molecule has 1 aliphatic heterocycles. The summed E-state index contributed by atoms with van der Waals surface area (Å²) in [6.07, 6.45) is 4.74. The van der Waals surface area contributed by atoms with Crippen LogP contribution in [0.2, 0.25) is 0 Å². The lowest BCUT2D eigenvalue weighted by atomic mass is 10.3. The van der Waals surface area contributed by atoms with Crippen molar-refractivity contribution in [3.8, 4) is 0 Å². The lowest BCUT2D eigenvalue weighted by Crippen LogP contribution is -2.16. The Bertz CT molecular complexity index is 213. The van der Waals surface area contributed by atoms with E-state index >= 15 is 0 Å². The highest BCUT2D eigenvalue weighted by atomic mass is 32.2. The Labute approximate surface area is 76.8 Å². The number of rotatable bonds is 2. The maximum atomic E-state index is 5.14. The monoisotopic (exact) mass is 187 g/mol. The van der Waals surface area contributed by atoms with Crippen LogP contribution >= 0.6 is 11.8 Å². The van der Waals surface area contributed by atoms with Gasteiger partial charge in [0.1, 0.15) is 10.8 Å². The Morgan fingerprint density at radius 1 is 1.58 bits per heavy atom. The van der Waals surface area contributed by atoms with Gasteiger partial charge in [-0.1, -0.05) is 0 Å². The fraction of sp³-hybridized carbons (Fsp3) is 0.625. The molecular formula is C8H13NO2S. The Morgan fingerprint density at radius 2 is 2.33 bits per heavy atom. The summed E-state index contributed by atoms with van der Waals surface area (Å²) in [4.78, 5) is 4.34. The maximum Gasteiger partial charge on any atom is 0.152 e. The van der Waals surface area contributed by atoms with Crippen molar-refractivity contribution in [2.75, 3.05) is 20.5 Å². The molecule has 0 bridgehead atoms. The van der Waals surface area contributed by atoms with Crippen LogP contribution < -0.4 is 0 Å². The molecule has 0 unspecified atom stereocenters. The number of ether oxygens (including phenoxy) is 2. The van der Waals surface area contributed by atoms with E-state index in [-0.39, 0.29) is 6.23 Å². The second kappa shape index (κ2) is 4.52. The minimum absolute atomic E-state index is 0.0358. The number of hydrogen-bond donors (Lipinski definition) is 0. The number of hydrogen-bond acceptors (Lipinski definition) is 4. The maximum absolute atomic E-state index is 5.14. The predicted octanol–water partition coefficient (Wildman–Crippen LogP) is 1.65. The largest absolute Gasteiger partial charge is 0.494 e. The molecular weight excluding hydrogens is 174 g/mol. The average Bonchev–Trinajstić information content (AvgIpc) is 2.16. The van der Waals surface area contributed by atoms with Crippen molar-refractivity contribution in [1.82, 2.24) is 0 Å². The van der Waals surface area contributed by atoms with E-state index in [4.69, 9.17) is 9.47 Å². The summed E-state index contributed by atoms with van der Waals surface area (Å²) in [6, 6.07) is 0. The van der Waals surface area contributed by atoms with Crippen molar-refractivity contribution in [3.05, 3.63) is 11.8 Å². The SMILES string of the molecule is COC1=CC[C@H](OC)N=C1SC. The summed E-state index contributed by atoms with van der Waals surface area (Å²) in [5.41, 5.74) is 0. The van der Waals surface area contributed by atoms with Crippen molar-refractivity contribution in [2.45, 2.75) is 12.6 Å². The normalized spacial score (nSPS) is 23.1. The van der Waals surface area contributed by atoms with Crippen LogP contribution in [0, 0.1) is 0 Å². The second-order valence-corrected chi connectivity index (χ2v) is 3.13. The zero-order chi connectivity index (χ0) is 8.97. The minimum atomic E-state index is -0.0358. The third-order valence-electron chi connectivity index (χ3n) is 1.66. The van der Waals surface area contributed by atoms with E-state index in [0.29, 0.717) is 0 Å². The minimum Gasteiger partial charge on any atom is -0.494 e. The molecule has 0 fully saturated rings. The third kappa shape index (κ3) is 2.01. The zero-order valence-electron chi connectivity index (χ0n) is 7.53. The summed E-state index contributed by atoms with van der Waals surface area (Å²) >= 11 is 1.57. The van der Waals surface area contributed by atoms with Gasteiger partial charge in [-0.2, -0.15) is 0 Å². The summed E-state index contributed by atoms with van der Waals surface area (Å²) in [7, 11) is 3.32. The Kier molecular flexibility index (Phi) is 3.62. The summed E-state index contributed by atoms with van der Waals surface area (Å²) in [5.74, 6) is 0.857. The summed E-state index contributed by atoms with van der Waals surface area (Å²) in [6.45, 7) is 0. The first-order valence-electron chi connectivity index (χ1n) is 3.71. The van der Waals surface area contributed by atoms with Crippen LogP contribution in [0.4, 0.5) is 0 Å². The Balaban J connectivity index is 2.71. The van der Waals surface area contributed by atoms with Crippen LogP contribution in [0.5, 0.6) is 0 Å². The quantitative estimate of drug-likeness (QED) is 0.658. The number of thioether (sulfide) groups is 1. The molecule has 0 aromatic rings. The van der Waals surface area contributed by atoms with E-state index < -0.39 is 0 Å². The molecule has 0 radical (unpaired) electrons. The van der Waals surface area contributed by atoms with Crippen LogP contribution in [-0.2, 0) is 9.47 Å². The molecule has 0 spiro atoms. The summed E-state index contributed by atoms with van der Waals surface area (Å²) < 4.78 is 10.3. The van der Waals surface area contributed by atoms with Gasteiger partial charge >= 0.3 is 0 Å². The lowest BCUT2D eigenvalue weighted by molar-refractivity contribution is 0.110. The van der Waals surface area contributed by atoms with E-state index in [1.54, 1.807) is 26.0 Å². The molecule has 0 aromatic carbocycles. The standard InChI is InChI=1S/C8H13NO2S/c1-10-6-4-5-7(11-2)9-8(6)12-3/h4,7H,5H2,1-3H3/t7-/m0/s1. The number of dihydropyridines is 1. The summed E-state index contributed by atoms with van der Waals surface area (Å²) in [5, 5.41) is 0.913. The Hall–Kier alpha value is -0.480. The molecule has 1 aliphatic rings. The van der Waals surface area contributed by atoms with Gasteiger partial charge in [0.05, 0.1) is 7.11 Å². The van der Waals surface area contributed by atoms with E-state index in [0.717, 1.165) is 17.2 Å². The molecule has 0 aromatic heterocycles. The number of methoxy groups -OCH3 is 2. The molecule has 0 saturated heterocycles. The van der Waals surface area contributed by atoms with Gasteiger partial charge in [-0.05, 0) is 12.3 Å². The highest BCUT2D eigenvalue weighted by Crippen LogP contribution is 2.19.